The van der Waals surface area contributed by atoms with Gasteiger partial charge < -0.3 is 20.3 Å². The number of carbonyl (C=O) groups excluding carboxylic acids is 2. The lowest BCUT2D eigenvalue weighted by Gasteiger charge is -2.38. The van der Waals surface area contributed by atoms with E-state index in [0.717, 1.165) is 37.5 Å². The van der Waals surface area contributed by atoms with Gasteiger partial charge in [-0.15, -0.1) is 0 Å². The predicted octanol–water partition coefficient (Wildman–Crippen LogP) is 2.39. The van der Waals surface area contributed by atoms with Gasteiger partial charge in [-0.25, -0.2) is 0 Å². The summed E-state index contributed by atoms with van der Waals surface area (Å²) in [6, 6.07) is 14.5. The number of piperazine rings is 1. The normalized spacial score (nSPS) is 16.0. The molecule has 0 radical (unpaired) electrons. The molecule has 2 aromatic carbocycles. The summed E-state index contributed by atoms with van der Waals surface area (Å²) in [6.45, 7) is 4.01. The molecule has 1 aliphatic rings. The fourth-order valence-electron chi connectivity index (χ4n) is 3.44. The van der Waals surface area contributed by atoms with E-state index in [1.807, 2.05) is 24.3 Å². The fourth-order valence-corrected chi connectivity index (χ4v) is 3.63. The van der Waals surface area contributed by atoms with E-state index in [4.69, 9.17) is 16.3 Å². The summed E-state index contributed by atoms with van der Waals surface area (Å²) in [5.41, 5.74) is 1.55. The molecule has 2 N–H and O–H groups in total. The van der Waals surface area contributed by atoms with E-state index in [1.54, 1.807) is 31.4 Å². The van der Waals surface area contributed by atoms with Crippen molar-refractivity contribution < 1.29 is 14.3 Å². The Morgan fingerprint density at radius 2 is 1.77 bits per heavy atom. The Bertz CT molecular complexity index is 867. The minimum absolute atomic E-state index is 0.0347. The number of carbonyl (C=O) groups is 2. The molecule has 7 nitrogen and oxygen atoms in total. The topological polar surface area (TPSA) is 73.9 Å². The Balaban J connectivity index is 1.66. The Kier molecular flexibility index (Phi) is 7.68. The number of halogens is 1. The van der Waals surface area contributed by atoms with Crippen LogP contribution in [0.1, 0.15) is 11.6 Å². The van der Waals surface area contributed by atoms with E-state index in [0.29, 0.717) is 17.3 Å². The standard InChI is InChI=1S/C22H27ClN4O3/c1-26-10-12-27(13-11-26)20(16-6-8-19(30-2)9-7-16)15-24-21(28)22(29)25-18-5-3-4-17(23)14-18/h3-9,14,20H,10-13,15H2,1-2H3,(H,24,28)(H,25,29)/t20-/m1/s1. The van der Waals surface area contributed by atoms with Gasteiger partial charge in [0.05, 0.1) is 13.2 Å². The average Bonchev–Trinajstić information content (AvgIpc) is 2.75. The minimum Gasteiger partial charge on any atom is -0.497 e. The summed E-state index contributed by atoms with van der Waals surface area (Å²) in [6.07, 6.45) is 0. The van der Waals surface area contributed by atoms with Crippen molar-refractivity contribution in [2.75, 3.05) is 52.2 Å². The average molecular weight is 431 g/mol. The second-order valence-electron chi connectivity index (χ2n) is 7.30. The molecule has 3 rings (SSSR count). The van der Waals surface area contributed by atoms with E-state index >= 15 is 0 Å². The van der Waals surface area contributed by atoms with Crippen LogP contribution in [0, 0.1) is 0 Å². The van der Waals surface area contributed by atoms with Crippen LogP contribution in [0.25, 0.3) is 0 Å². The van der Waals surface area contributed by atoms with Crippen molar-refractivity contribution in [3.63, 3.8) is 0 Å². The van der Waals surface area contributed by atoms with E-state index < -0.39 is 11.8 Å². The van der Waals surface area contributed by atoms with E-state index in [-0.39, 0.29) is 6.04 Å². The molecular formula is C22H27ClN4O3. The molecule has 1 heterocycles. The van der Waals surface area contributed by atoms with Gasteiger partial charge in [0.2, 0.25) is 0 Å². The zero-order valence-corrected chi connectivity index (χ0v) is 18.0. The molecule has 30 heavy (non-hydrogen) atoms. The van der Waals surface area contributed by atoms with Crippen LogP contribution in [0.2, 0.25) is 5.02 Å². The summed E-state index contributed by atoms with van der Waals surface area (Å²) in [7, 11) is 3.73. The molecule has 0 bridgehead atoms. The lowest BCUT2D eigenvalue weighted by Crippen LogP contribution is -2.49. The predicted molar refractivity (Wildman–Crippen MR) is 118 cm³/mol. The van der Waals surface area contributed by atoms with Gasteiger partial charge in [0.1, 0.15) is 5.75 Å². The summed E-state index contributed by atoms with van der Waals surface area (Å²) in [4.78, 5) is 29.3. The second kappa shape index (κ2) is 10.4. The number of likely N-dealkylation sites (N-methyl/N-ethyl adjacent to an activating group) is 1. The third-order valence-corrected chi connectivity index (χ3v) is 5.46. The Morgan fingerprint density at radius 3 is 2.40 bits per heavy atom. The van der Waals surface area contributed by atoms with Crippen LogP contribution in [-0.4, -0.2) is 68.5 Å². The number of amides is 2. The van der Waals surface area contributed by atoms with Gasteiger partial charge in [0.25, 0.3) is 0 Å². The van der Waals surface area contributed by atoms with Crippen molar-refractivity contribution in [1.82, 2.24) is 15.1 Å². The van der Waals surface area contributed by atoms with Crippen LogP contribution >= 0.6 is 11.6 Å². The third-order valence-electron chi connectivity index (χ3n) is 5.22. The van der Waals surface area contributed by atoms with Crippen molar-refractivity contribution in [3.8, 4) is 5.75 Å². The maximum absolute atomic E-state index is 12.4. The summed E-state index contributed by atoms with van der Waals surface area (Å²) in [5.74, 6) is -0.618. The summed E-state index contributed by atoms with van der Waals surface area (Å²) >= 11 is 5.93. The molecule has 0 aliphatic carbocycles. The van der Waals surface area contributed by atoms with E-state index in [1.165, 1.54) is 0 Å². The second-order valence-corrected chi connectivity index (χ2v) is 7.74. The SMILES string of the molecule is COc1ccc([C@@H](CNC(=O)C(=O)Nc2cccc(Cl)c2)N2CCN(C)CC2)cc1. The first-order valence-electron chi connectivity index (χ1n) is 9.87. The van der Waals surface area contributed by atoms with Gasteiger partial charge in [-0.1, -0.05) is 29.8 Å². The molecule has 1 atom stereocenters. The Morgan fingerprint density at radius 1 is 1.07 bits per heavy atom. The number of benzene rings is 2. The van der Waals surface area contributed by atoms with Gasteiger partial charge in [-0.3, -0.25) is 14.5 Å². The van der Waals surface area contributed by atoms with Crippen LogP contribution in [0.3, 0.4) is 0 Å². The highest BCUT2D eigenvalue weighted by Gasteiger charge is 2.25. The molecule has 0 saturated carbocycles. The lowest BCUT2D eigenvalue weighted by atomic mass is 10.0. The smallest absolute Gasteiger partial charge is 0.313 e. The first-order valence-corrected chi connectivity index (χ1v) is 10.3. The molecule has 8 heteroatoms. The molecular weight excluding hydrogens is 404 g/mol. The van der Waals surface area contributed by atoms with Gasteiger partial charge in [0.15, 0.2) is 0 Å². The molecule has 0 unspecified atom stereocenters. The summed E-state index contributed by atoms with van der Waals surface area (Å²) < 4.78 is 5.25. The first-order chi connectivity index (χ1) is 14.5. The van der Waals surface area contributed by atoms with Crippen molar-refractivity contribution in [2.45, 2.75) is 6.04 Å². The van der Waals surface area contributed by atoms with Crippen LogP contribution < -0.4 is 15.4 Å². The molecule has 1 aliphatic heterocycles. The number of methoxy groups -OCH3 is 1. The number of hydrogen-bond donors (Lipinski definition) is 2. The molecule has 1 fully saturated rings. The maximum atomic E-state index is 12.4. The first kappa shape index (κ1) is 22.1. The number of hydrogen-bond acceptors (Lipinski definition) is 5. The van der Waals surface area contributed by atoms with Gasteiger partial charge in [0, 0.05) is 43.4 Å². The number of anilines is 1. The highest BCUT2D eigenvalue weighted by molar-refractivity contribution is 6.39. The molecule has 0 spiro atoms. The molecule has 160 valence electrons. The molecule has 1 saturated heterocycles. The monoisotopic (exact) mass is 430 g/mol. The van der Waals surface area contributed by atoms with Crippen molar-refractivity contribution in [2.24, 2.45) is 0 Å². The van der Waals surface area contributed by atoms with Gasteiger partial charge in [-0.05, 0) is 42.9 Å². The van der Waals surface area contributed by atoms with Crippen molar-refractivity contribution in [3.05, 3.63) is 59.1 Å². The van der Waals surface area contributed by atoms with Crippen LogP contribution in [-0.2, 0) is 9.59 Å². The van der Waals surface area contributed by atoms with E-state index in [2.05, 4.69) is 27.5 Å². The number of rotatable bonds is 6. The molecule has 2 amide bonds. The quantitative estimate of drug-likeness (QED) is 0.688. The largest absolute Gasteiger partial charge is 0.497 e. The van der Waals surface area contributed by atoms with Crippen LogP contribution in [0.15, 0.2) is 48.5 Å². The zero-order valence-electron chi connectivity index (χ0n) is 17.2. The zero-order chi connectivity index (χ0) is 21.5. The molecule has 2 aromatic rings. The third kappa shape index (κ3) is 5.95. The highest BCUT2D eigenvalue weighted by Crippen LogP contribution is 2.24. The van der Waals surface area contributed by atoms with Crippen molar-refractivity contribution >= 4 is 29.1 Å². The van der Waals surface area contributed by atoms with Gasteiger partial charge in [-0.2, -0.15) is 0 Å². The summed E-state index contributed by atoms with van der Waals surface area (Å²) in [5, 5.41) is 5.85. The number of nitrogens with zero attached hydrogens (tertiary/aromatic N) is 2. The van der Waals surface area contributed by atoms with Crippen LogP contribution in [0.5, 0.6) is 5.75 Å². The number of ether oxygens (including phenoxy) is 1. The highest BCUT2D eigenvalue weighted by atomic mass is 35.5. The molecule has 0 aromatic heterocycles. The number of nitrogens with one attached hydrogen (secondary N) is 2. The lowest BCUT2D eigenvalue weighted by molar-refractivity contribution is -0.136. The van der Waals surface area contributed by atoms with Gasteiger partial charge >= 0.3 is 11.8 Å². The Hall–Kier alpha value is -2.61. The van der Waals surface area contributed by atoms with Crippen molar-refractivity contribution in [1.29, 1.82) is 0 Å². The fraction of sp³-hybridized carbons (Fsp3) is 0.364. The Labute approximate surface area is 181 Å². The van der Waals surface area contributed by atoms with Crippen LogP contribution in [0.4, 0.5) is 5.69 Å². The maximum Gasteiger partial charge on any atom is 0.313 e. The van der Waals surface area contributed by atoms with E-state index in [9.17, 15) is 9.59 Å². The minimum atomic E-state index is -0.718.